The SMILES string of the molecule is C/C=C1/CN2CC[C@@]34c5cc(O)ccc5N(C)[C@@]23CC[C@H]1[C@@]4(CO)C(=O)OC. The van der Waals surface area contributed by atoms with Crippen LogP contribution in [0, 0.1) is 11.3 Å². The summed E-state index contributed by atoms with van der Waals surface area (Å²) in [5.41, 5.74) is 1.12. The summed E-state index contributed by atoms with van der Waals surface area (Å²) >= 11 is 0. The molecule has 3 saturated heterocycles. The lowest BCUT2D eigenvalue weighted by Gasteiger charge is -2.59. The van der Waals surface area contributed by atoms with Crippen LogP contribution in [0.25, 0.3) is 0 Å². The smallest absolute Gasteiger partial charge is 0.315 e. The summed E-state index contributed by atoms with van der Waals surface area (Å²) in [5.74, 6) is -0.216. The van der Waals surface area contributed by atoms with Crippen LogP contribution in [0.1, 0.15) is 31.7 Å². The van der Waals surface area contributed by atoms with Gasteiger partial charge in [-0.15, -0.1) is 0 Å². The highest BCUT2D eigenvalue weighted by Gasteiger charge is 2.81. The molecule has 0 radical (unpaired) electrons. The van der Waals surface area contributed by atoms with E-state index in [-0.39, 0.29) is 24.2 Å². The van der Waals surface area contributed by atoms with Crippen LogP contribution in [0.3, 0.4) is 0 Å². The molecule has 1 unspecified atom stereocenters. The van der Waals surface area contributed by atoms with Crippen molar-refractivity contribution >= 4 is 11.7 Å². The Kier molecular flexibility index (Phi) is 3.55. The van der Waals surface area contributed by atoms with Crippen LogP contribution in [0.5, 0.6) is 5.75 Å². The lowest BCUT2D eigenvalue weighted by molar-refractivity contribution is -0.175. The number of phenolic OH excluding ortho intramolecular Hbond substituents is 1. The van der Waals surface area contributed by atoms with Crippen LogP contribution in [0.4, 0.5) is 5.69 Å². The fourth-order valence-corrected chi connectivity index (χ4v) is 7.56. The molecule has 4 heterocycles. The molecule has 1 aromatic rings. The Morgan fingerprint density at radius 3 is 2.86 bits per heavy atom. The third kappa shape index (κ3) is 1.56. The van der Waals surface area contributed by atoms with Crippen molar-refractivity contribution in [3.05, 3.63) is 35.4 Å². The van der Waals surface area contributed by atoms with Gasteiger partial charge in [0.25, 0.3) is 0 Å². The topological polar surface area (TPSA) is 73.2 Å². The number of benzene rings is 1. The zero-order chi connectivity index (χ0) is 19.9. The second-order valence-corrected chi connectivity index (χ2v) is 8.73. The van der Waals surface area contributed by atoms with Gasteiger partial charge in [0.2, 0.25) is 0 Å². The van der Waals surface area contributed by atoms with Gasteiger partial charge in [0.1, 0.15) is 16.8 Å². The Bertz CT molecular complexity index is 899. The van der Waals surface area contributed by atoms with Crippen molar-refractivity contribution in [1.82, 2.24) is 4.90 Å². The van der Waals surface area contributed by atoms with Crippen molar-refractivity contribution in [1.29, 1.82) is 0 Å². The molecule has 6 nitrogen and oxygen atoms in total. The molecule has 4 fully saturated rings. The largest absolute Gasteiger partial charge is 0.508 e. The summed E-state index contributed by atoms with van der Waals surface area (Å²) in [7, 11) is 3.52. The number of phenols is 1. The highest BCUT2D eigenvalue weighted by molar-refractivity contribution is 5.86. The Hall–Kier alpha value is -2.05. The Morgan fingerprint density at radius 2 is 2.18 bits per heavy atom. The number of esters is 1. The van der Waals surface area contributed by atoms with Gasteiger partial charge in [0, 0.05) is 31.7 Å². The number of rotatable bonds is 2. The number of aliphatic hydroxyl groups excluding tert-OH is 1. The van der Waals surface area contributed by atoms with E-state index in [0.29, 0.717) is 0 Å². The predicted octanol–water partition coefficient (Wildman–Crippen LogP) is 2.00. The Balaban J connectivity index is 1.94. The van der Waals surface area contributed by atoms with Crippen LogP contribution < -0.4 is 4.90 Å². The first-order valence-corrected chi connectivity index (χ1v) is 10.1. The molecule has 1 spiro atoms. The number of anilines is 1. The highest BCUT2D eigenvalue weighted by atomic mass is 16.5. The normalized spacial score (nSPS) is 41.7. The minimum atomic E-state index is -1.07. The summed E-state index contributed by atoms with van der Waals surface area (Å²) in [4.78, 5) is 18.3. The van der Waals surface area contributed by atoms with Gasteiger partial charge in [-0.25, -0.2) is 0 Å². The number of allylic oxidation sites excluding steroid dienone is 1. The van der Waals surface area contributed by atoms with Crippen LogP contribution in [0.2, 0.25) is 0 Å². The summed E-state index contributed by atoms with van der Waals surface area (Å²) in [6.45, 7) is 3.41. The zero-order valence-corrected chi connectivity index (χ0v) is 16.7. The number of nitrogens with zero attached hydrogens (tertiary/aromatic N) is 2. The molecule has 5 atom stereocenters. The van der Waals surface area contributed by atoms with Gasteiger partial charge in [0.15, 0.2) is 0 Å². The average Bonchev–Trinajstić information content (AvgIpc) is 3.04. The minimum Gasteiger partial charge on any atom is -0.508 e. The number of ether oxygens (including phenoxy) is 1. The predicted molar refractivity (Wildman–Crippen MR) is 105 cm³/mol. The molecule has 6 heteroatoms. The number of methoxy groups -OCH3 is 1. The first-order chi connectivity index (χ1) is 13.4. The summed E-state index contributed by atoms with van der Waals surface area (Å²) < 4.78 is 5.39. The third-order valence-electron chi connectivity index (χ3n) is 8.45. The maximum absolute atomic E-state index is 13.5. The summed E-state index contributed by atoms with van der Waals surface area (Å²) in [5, 5.41) is 21.3. The molecule has 1 aromatic carbocycles. The Morgan fingerprint density at radius 1 is 1.39 bits per heavy atom. The van der Waals surface area contributed by atoms with Gasteiger partial charge >= 0.3 is 5.97 Å². The molecule has 6 rings (SSSR count). The molecule has 0 aromatic heterocycles. The van der Waals surface area contributed by atoms with Gasteiger partial charge in [0.05, 0.1) is 19.1 Å². The van der Waals surface area contributed by atoms with Gasteiger partial charge in [-0.1, -0.05) is 11.6 Å². The number of hydrogen-bond acceptors (Lipinski definition) is 6. The van der Waals surface area contributed by atoms with Crippen molar-refractivity contribution < 1.29 is 19.7 Å². The molecule has 28 heavy (non-hydrogen) atoms. The number of aromatic hydroxyl groups is 1. The van der Waals surface area contributed by atoms with E-state index in [9.17, 15) is 15.0 Å². The van der Waals surface area contributed by atoms with Crippen LogP contribution in [0.15, 0.2) is 29.8 Å². The average molecular weight is 384 g/mol. The van der Waals surface area contributed by atoms with E-state index in [0.717, 1.165) is 43.6 Å². The molecule has 2 N–H and O–H groups in total. The lowest BCUT2D eigenvalue weighted by atomic mass is 9.46. The summed E-state index contributed by atoms with van der Waals surface area (Å²) in [6.07, 6.45) is 4.63. The molecule has 4 aliphatic heterocycles. The van der Waals surface area contributed by atoms with E-state index >= 15 is 0 Å². The van der Waals surface area contributed by atoms with Crippen molar-refractivity contribution in [2.75, 3.05) is 38.8 Å². The molecule has 5 aliphatic rings. The van der Waals surface area contributed by atoms with Crippen molar-refractivity contribution in [2.45, 2.75) is 37.3 Å². The molecule has 1 saturated carbocycles. The maximum Gasteiger partial charge on any atom is 0.315 e. The van der Waals surface area contributed by atoms with Crippen molar-refractivity contribution in [3.8, 4) is 5.75 Å². The number of carbonyl (C=O) groups is 1. The Labute approximate surface area is 165 Å². The van der Waals surface area contributed by atoms with Gasteiger partial charge in [-0.05, 0) is 49.9 Å². The standard InChI is InChI=1S/C22H28N2O4/c1-4-14-12-24-10-9-21-17-11-15(26)5-6-18(17)23(2)22(21,24)8-7-16(14)20(21,13-25)19(27)28-3/h4-6,11,16,25-26H,7-10,12-13H2,1-3H3/b14-4-/t16-,20+,21+,22+/m1/s1. The number of carbonyl (C=O) groups excluding carboxylic acids is 1. The zero-order valence-electron chi connectivity index (χ0n) is 16.7. The van der Waals surface area contributed by atoms with Crippen LogP contribution in [-0.2, 0) is 14.9 Å². The number of likely N-dealkylation sites (N-methyl/N-ethyl adjacent to an activating group) is 1. The monoisotopic (exact) mass is 384 g/mol. The van der Waals surface area contributed by atoms with E-state index in [2.05, 4.69) is 22.9 Å². The second kappa shape index (κ2) is 5.51. The molecular weight excluding hydrogens is 356 g/mol. The van der Waals surface area contributed by atoms with E-state index in [1.807, 2.05) is 19.1 Å². The number of hydrogen-bond donors (Lipinski definition) is 2. The quantitative estimate of drug-likeness (QED) is 0.600. The molecule has 4 bridgehead atoms. The maximum atomic E-state index is 13.5. The number of aliphatic hydroxyl groups is 1. The van der Waals surface area contributed by atoms with Crippen LogP contribution in [-0.4, -0.2) is 60.6 Å². The van der Waals surface area contributed by atoms with E-state index in [1.165, 1.54) is 12.7 Å². The van der Waals surface area contributed by atoms with Gasteiger partial charge in [-0.2, -0.15) is 0 Å². The highest BCUT2D eigenvalue weighted by Crippen LogP contribution is 2.74. The third-order valence-corrected chi connectivity index (χ3v) is 8.45. The molecule has 150 valence electrons. The second-order valence-electron chi connectivity index (χ2n) is 8.73. The molecule has 0 amide bonds. The van der Waals surface area contributed by atoms with E-state index < -0.39 is 16.5 Å². The van der Waals surface area contributed by atoms with Crippen LogP contribution >= 0.6 is 0 Å². The minimum absolute atomic E-state index is 0.0740. The van der Waals surface area contributed by atoms with Crippen molar-refractivity contribution in [2.24, 2.45) is 11.3 Å². The fraction of sp³-hybridized carbons (Fsp3) is 0.591. The first-order valence-electron chi connectivity index (χ1n) is 10.1. The fourth-order valence-electron chi connectivity index (χ4n) is 7.56. The van der Waals surface area contributed by atoms with E-state index in [4.69, 9.17) is 4.74 Å². The van der Waals surface area contributed by atoms with Gasteiger partial charge < -0.3 is 19.8 Å². The number of fused-ring (bicyclic) bond motifs is 3. The molecular formula is C22H28N2O4. The first kappa shape index (κ1) is 18.0. The lowest BCUT2D eigenvalue weighted by Crippen LogP contribution is -2.72. The van der Waals surface area contributed by atoms with Crippen molar-refractivity contribution in [3.63, 3.8) is 0 Å². The van der Waals surface area contributed by atoms with Gasteiger partial charge in [-0.3, -0.25) is 9.69 Å². The molecule has 1 aliphatic carbocycles. The summed E-state index contributed by atoms with van der Waals surface area (Å²) in [6, 6.07) is 5.47. The van der Waals surface area contributed by atoms with E-state index in [1.54, 1.807) is 6.07 Å².